The van der Waals surface area contributed by atoms with E-state index in [1.54, 1.807) is 0 Å². The quantitative estimate of drug-likeness (QED) is 0.475. The fourth-order valence-corrected chi connectivity index (χ4v) is 4.46. The smallest absolute Gasteiger partial charge is 0.230 e. The first-order valence-electron chi connectivity index (χ1n) is 11.0. The number of aromatic nitrogens is 1. The summed E-state index contributed by atoms with van der Waals surface area (Å²) in [6, 6.07) is 15.3. The highest BCUT2D eigenvalue weighted by atomic mass is 32.1. The van der Waals surface area contributed by atoms with E-state index < -0.39 is 0 Å². The van der Waals surface area contributed by atoms with Crippen LogP contribution in [0.2, 0.25) is 0 Å². The van der Waals surface area contributed by atoms with E-state index in [9.17, 15) is 4.79 Å². The molecule has 1 aliphatic heterocycles. The number of ether oxygens (including phenoxy) is 3. The van der Waals surface area contributed by atoms with E-state index in [0.717, 1.165) is 47.9 Å². The van der Waals surface area contributed by atoms with Crippen molar-refractivity contribution < 1.29 is 19.0 Å². The van der Waals surface area contributed by atoms with Crippen molar-refractivity contribution in [3.63, 3.8) is 0 Å². The Morgan fingerprint density at radius 2 is 1.94 bits per heavy atom. The van der Waals surface area contributed by atoms with Crippen LogP contribution in [-0.2, 0) is 16.0 Å². The summed E-state index contributed by atoms with van der Waals surface area (Å²) >= 11 is 1.51. The topological polar surface area (TPSA) is 69.7 Å². The third-order valence-corrected chi connectivity index (χ3v) is 6.09. The number of anilines is 1. The summed E-state index contributed by atoms with van der Waals surface area (Å²) in [5.74, 6) is 1.32. The number of nitrogens with one attached hydrogen (secondary N) is 1. The fraction of sp³-hybridized carbons (Fsp3) is 0.360. The second-order valence-electron chi connectivity index (χ2n) is 7.59. The monoisotopic (exact) mass is 452 g/mol. The summed E-state index contributed by atoms with van der Waals surface area (Å²) in [5, 5.41) is 5.72. The zero-order chi connectivity index (χ0) is 22.2. The normalized spacial score (nSPS) is 15.8. The minimum Gasteiger partial charge on any atom is -0.493 e. The number of rotatable bonds is 9. The van der Waals surface area contributed by atoms with E-state index in [0.29, 0.717) is 24.7 Å². The fourth-order valence-electron chi connectivity index (χ4n) is 3.61. The van der Waals surface area contributed by atoms with E-state index in [4.69, 9.17) is 14.2 Å². The van der Waals surface area contributed by atoms with Gasteiger partial charge in [-0.25, -0.2) is 4.98 Å². The molecule has 1 N–H and O–H groups in total. The number of carbonyl (C=O) groups is 1. The van der Waals surface area contributed by atoms with Gasteiger partial charge < -0.3 is 19.5 Å². The van der Waals surface area contributed by atoms with Crippen molar-refractivity contribution in [2.45, 2.75) is 38.7 Å². The Hall–Kier alpha value is -2.90. The van der Waals surface area contributed by atoms with E-state index >= 15 is 0 Å². The second kappa shape index (κ2) is 11.1. The molecule has 4 rings (SSSR count). The standard InChI is InChI=1S/C25H28N2O4S/c1-2-29-22-12-5-3-10-20(22)25-26-18(17-32-25)15-24(28)27-21-11-4-6-13-23(21)31-16-19-9-7-8-14-30-19/h3-6,10-13,17,19H,2,7-9,14-16H2,1H3,(H,27,28). The molecule has 32 heavy (non-hydrogen) atoms. The maximum atomic E-state index is 12.7. The Morgan fingerprint density at radius 3 is 2.75 bits per heavy atom. The predicted molar refractivity (Wildman–Crippen MR) is 127 cm³/mol. The molecule has 168 valence electrons. The lowest BCUT2D eigenvalue weighted by Crippen LogP contribution is -2.26. The first-order chi connectivity index (χ1) is 15.7. The minimum atomic E-state index is -0.134. The maximum absolute atomic E-state index is 12.7. The van der Waals surface area contributed by atoms with Crippen LogP contribution >= 0.6 is 11.3 Å². The highest BCUT2D eigenvalue weighted by molar-refractivity contribution is 7.13. The lowest BCUT2D eigenvalue weighted by atomic mass is 10.1. The Balaban J connectivity index is 1.38. The number of nitrogens with zero attached hydrogens (tertiary/aromatic N) is 1. The number of hydrogen-bond donors (Lipinski definition) is 1. The third kappa shape index (κ3) is 5.87. The highest BCUT2D eigenvalue weighted by Gasteiger charge is 2.17. The van der Waals surface area contributed by atoms with Gasteiger partial charge in [0.15, 0.2) is 0 Å². The third-order valence-electron chi connectivity index (χ3n) is 5.17. The highest BCUT2D eigenvalue weighted by Crippen LogP contribution is 2.32. The van der Waals surface area contributed by atoms with Gasteiger partial charge in [-0.2, -0.15) is 0 Å². The van der Waals surface area contributed by atoms with Crippen molar-refractivity contribution in [2.75, 3.05) is 25.1 Å². The van der Waals surface area contributed by atoms with Crippen molar-refractivity contribution in [3.8, 4) is 22.1 Å². The summed E-state index contributed by atoms with van der Waals surface area (Å²) in [5.41, 5.74) is 2.32. The Bertz CT molecular complexity index is 1030. The molecule has 2 aromatic carbocycles. The maximum Gasteiger partial charge on any atom is 0.230 e. The van der Waals surface area contributed by atoms with Gasteiger partial charge in [-0.05, 0) is 50.5 Å². The Kier molecular flexibility index (Phi) is 7.74. The summed E-state index contributed by atoms with van der Waals surface area (Å²) in [6.45, 7) is 3.82. The molecule has 1 amide bonds. The van der Waals surface area contributed by atoms with Crippen molar-refractivity contribution >= 4 is 22.9 Å². The molecule has 0 spiro atoms. The second-order valence-corrected chi connectivity index (χ2v) is 8.45. The molecule has 3 aromatic rings. The molecule has 2 heterocycles. The molecular weight excluding hydrogens is 424 g/mol. The molecule has 1 unspecified atom stereocenters. The number of carbonyl (C=O) groups excluding carboxylic acids is 1. The van der Waals surface area contributed by atoms with E-state index in [1.165, 1.54) is 11.3 Å². The van der Waals surface area contributed by atoms with Gasteiger partial charge in [0.25, 0.3) is 0 Å². The van der Waals surface area contributed by atoms with E-state index in [-0.39, 0.29) is 18.4 Å². The van der Waals surface area contributed by atoms with Crippen LogP contribution in [0, 0.1) is 0 Å². The van der Waals surface area contributed by atoms with Crippen LogP contribution in [0.25, 0.3) is 10.6 Å². The SMILES string of the molecule is CCOc1ccccc1-c1nc(CC(=O)Nc2ccccc2OCC2CCCCO2)cs1. The molecule has 0 saturated carbocycles. The van der Waals surface area contributed by atoms with Crippen LogP contribution in [0.5, 0.6) is 11.5 Å². The predicted octanol–water partition coefficient (Wildman–Crippen LogP) is 5.34. The molecule has 1 fully saturated rings. The van der Waals surface area contributed by atoms with Crippen LogP contribution in [0.15, 0.2) is 53.9 Å². The molecule has 0 aliphatic carbocycles. The zero-order valence-corrected chi connectivity index (χ0v) is 19.0. The van der Waals surface area contributed by atoms with Crippen molar-refractivity contribution in [2.24, 2.45) is 0 Å². The van der Waals surface area contributed by atoms with Crippen molar-refractivity contribution in [1.29, 1.82) is 0 Å². The average molecular weight is 453 g/mol. The van der Waals surface area contributed by atoms with Crippen LogP contribution in [-0.4, -0.2) is 36.8 Å². The average Bonchev–Trinajstić information content (AvgIpc) is 3.28. The van der Waals surface area contributed by atoms with Crippen LogP contribution < -0.4 is 14.8 Å². The molecule has 7 heteroatoms. The summed E-state index contributed by atoms with van der Waals surface area (Å²) < 4.78 is 17.4. The minimum absolute atomic E-state index is 0.112. The van der Waals surface area contributed by atoms with Gasteiger partial charge in [0.05, 0.1) is 36.1 Å². The molecule has 1 aromatic heterocycles. The molecule has 1 atom stereocenters. The number of hydrogen-bond acceptors (Lipinski definition) is 6. The largest absolute Gasteiger partial charge is 0.493 e. The molecule has 1 aliphatic rings. The molecule has 1 saturated heterocycles. The first-order valence-corrected chi connectivity index (χ1v) is 11.9. The Morgan fingerprint density at radius 1 is 1.12 bits per heavy atom. The van der Waals surface area contributed by atoms with Crippen molar-refractivity contribution in [1.82, 2.24) is 4.98 Å². The number of thiazole rings is 1. The van der Waals surface area contributed by atoms with E-state index in [2.05, 4.69) is 10.3 Å². The lowest BCUT2D eigenvalue weighted by molar-refractivity contribution is -0.115. The molecule has 6 nitrogen and oxygen atoms in total. The van der Waals surface area contributed by atoms with Crippen LogP contribution in [0.3, 0.4) is 0 Å². The summed E-state index contributed by atoms with van der Waals surface area (Å²) in [6.07, 6.45) is 3.58. The van der Waals surface area contributed by atoms with Gasteiger partial charge in [0.1, 0.15) is 23.1 Å². The van der Waals surface area contributed by atoms with Gasteiger partial charge in [-0.3, -0.25) is 4.79 Å². The number of para-hydroxylation sites is 3. The van der Waals surface area contributed by atoms with Gasteiger partial charge in [0, 0.05) is 12.0 Å². The van der Waals surface area contributed by atoms with Crippen LogP contribution in [0.1, 0.15) is 31.9 Å². The summed E-state index contributed by atoms with van der Waals surface area (Å²) in [7, 11) is 0. The molecule has 0 bridgehead atoms. The van der Waals surface area contributed by atoms with Gasteiger partial charge >= 0.3 is 0 Å². The number of amides is 1. The number of benzene rings is 2. The van der Waals surface area contributed by atoms with Gasteiger partial charge in [0.2, 0.25) is 5.91 Å². The Labute approximate surface area is 192 Å². The van der Waals surface area contributed by atoms with Gasteiger partial charge in [-0.15, -0.1) is 11.3 Å². The molecule has 0 radical (unpaired) electrons. The van der Waals surface area contributed by atoms with E-state index in [1.807, 2.05) is 60.8 Å². The first kappa shape index (κ1) is 22.3. The van der Waals surface area contributed by atoms with Crippen LogP contribution in [0.4, 0.5) is 5.69 Å². The lowest BCUT2D eigenvalue weighted by Gasteiger charge is -2.23. The van der Waals surface area contributed by atoms with Crippen molar-refractivity contribution in [3.05, 3.63) is 59.6 Å². The van der Waals surface area contributed by atoms with Gasteiger partial charge in [-0.1, -0.05) is 24.3 Å². The summed E-state index contributed by atoms with van der Waals surface area (Å²) in [4.78, 5) is 17.4. The molecular formula is C25H28N2O4S. The zero-order valence-electron chi connectivity index (χ0n) is 18.2.